The molecule has 4 aliphatic carbocycles. The van der Waals surface area contributed by atoms with Gasteiger partial charge in [0.2, 0.25) is 0 Å². The number of aliphatic hydroxyl groups excluding tert-OH is 2. The zero-order valence-corrected chi connectivity index (χ0v) is 16.7. The average molecular weight is 387 g/mol. The largest absolute Gasteiger partial charge is 0.504 e. The van der Waals surface area contributed by atoms with E-state index in [9.17, 15) is 15.3 Å². The fourth-order valence-corrected chi connectivity index (χ4v) is 8.35. The molecule has 0 amide bonds. The molecule has 0 aromatic heterocycles. The molecular weight excluding hydrogens is 358 g/mol. The fraction of sp³-hybridized carbons (Fsp3) is 0.727. The van der Waals surface area contributed by atoms with E-state index in [2.05, 4.69) is 11.9 Å². The molecule has 2 aliphatic heterocycles. The van der Waals surface area contributed by atoms with E-state index in [1.807, 2.05) is 6.07 Å². The normalized spacial score (nSPS) is 48.9. The molecule has 2 heterocycles. The summed E-state index contributed by atoms with van der Waals surface area (Å²) in [5.74, 6) is 0.534. The highest BCUT2D eigenvalue weighted by molar-refractivity contribution is 5.63. The molecule has 8 atom stereocenters. The fourth-order valence-electron chi connectivity index (χ4n) is 8.35. The Morgan fingerprint density at radius 3 is 2.82 bits per heavy atom. The van der Waals surface area contributed by atoms with E-state index >= 15 is 0 Å². The quantitative estimate of drug-likeness (QED) is 0.707. The van der Waals surface area contributed by atoms with Crippen molar-refractivity contribution in [3.63, 3.8) is 0 Å². The first-order valence-corrected chi connectivity index (χ1v) is 10.5. The molecule has 1 aromatic carbocycles. The Morgan fingerprint density at radius 2 is 2.11 bits per heavy atom. The van der Waals surface area contributed by atoms with E-state index in [0.717, 1.165) is 31.4 Å². The van der Waals surface area contributed by atoms with Crippen molar-refractivity contribution in [2.75, 3.05) is 20.7 Å². The molecule has 6 nitrogen and oxygen atoms in total. The van der Waals surface area contributed by atoms with Crippen LogP contribution in [0.2, 0.25) is 0 Å². The molecule has 2 spiro atoms. The Labute approximate surface area is 165 Å². The van der Waals surface area contributed by atoms with Crippen molar-refractivity contribution in [1.29, 1.82) is 0 Å². The van der Waals surface area contributed by atoms with Gasteiger partial charge in [-0.3, -0.25) is 0 Å². The molecule has 1 unspecified atom stereocenters. The Bertz CT molecular complexity index is 873. The van der Waals surface area contributed by atoms with Crippen LogP contribution in [-0.4, -0.2) is 70.9 Å². The van der Waals surface area contributed by atoms with Gasteiger partial charge in [0.1, 0.15) is 11.7 Å². The minimum Gasteiger partial charge on any atom is -0.504 e. The van der Waals surface area contributed by atoms with Gasteiger partial charge in [-0.05, 0) is 57.8 Å². The lowest BCUT2D eigenvalue weighted by atomic mass is 9.34. The highest BCUT2D eigenvalue weighted by atomic mass is 16.6. The first kappa shape index (κ1) is 17.5. The number of likely N-dealkylation sites (tertiary alicyclic amines) is 1. The van der Waals surface area contributed by atoms with Gasteiger partial charge in [-0.1, -0.05) is 6.07 Å². The molecule has 152 valence electrons. The zero-order valence-electron chi connectivity index (χ0n) is 16.7. The number of hydrogen-bond donors (Lipinski definition) is 3. The second kappa shape index (κ2) is 5.04. The summed E-state index contributed by atoms with van der Waals surface area (Å²) < 4.78 is 12.7. The summed E-state index contributed by atoms with van der Waals surface area (Å²) in [4.78, 5) is 2.44. The summed E-state index contributed by atoms with van der Waals surface area (Å²) in [6.45, 7) is 2.76. The number of phenolic OH excluding ortho intramolecular Hbond substituents is 1. The lowest BCUT2D eigenvalue weighted by Gasteiger charge is -2.75. The third kappa shape index (κ3) is 1.51. The van der Waals surface area contributed by atoms with Gasteiger partial charge < -0.3 is 29.7 Å². The Kier molecular flexibility index (Phi) is 3.15. The van der Waals surface area contributed by atoms with Crippen molar-refractivity contribution in [2.45, 2.75) is 68.0 Å². The van der Waals surface area contributed by atoms with Crippen LogP contribution in [-0.2, 0) is 16.6 Å². The van der Waals surface area contributed by atoms with E-state index in [1.54, 1.807) is 20.1 Å². The smallest absolute Gasteiger partial charge is 0.165 e. The van der Waals surface area contributed by atoms with Crippen LogP contribution in [0.15, 0.2) is 12.1 Å². The number of fused-ring (bicyclic) bond motifs is 2. The minimum atomic E-state index is -0.976. The van der Waals surface area contributed by atoms with Crippen molar-refractivity contribution in [2.24, 2.45) is 11.3 Å². The number of ether oxygens (including phenoxy) is 2. The first-order chi connectivity index (χ1) is 13.3. The van der Waals surface area contributed by atoms with Crippen LogP contribution >= 0.6 is 0 Å². The second-order valence-corrected chi connectivity index (χ2v) is 9.85. The lowest BCUT2D eigenvalue weighted by molar-refractivity contribution is -0.324. The van der Waals surface area contributed by atoms with Gasteiger partial charge in [-0.25, -0.2) is 0 Å². The van der Waals surface area contributed by atoms with Gasteiger partial charge in [-0.2, -0.15) is 0 Å². The van der Waals surface area contributed by atoms with Crippen LogP contribution in [0.5, 0.6) is 11.5 Å². The lowest BCUT2D eigenvalue weighted by Crippen LogP contribution is -2.85. The van der Waals surface area contributed by atoms with Gasteiger partial charge in [0.15, 0.2) is 11.5 Å². The molecule has 3 saturated carbocycles. The number of aliphatic hydroxyl groups is 2. The van der Waals surface area contributed by atoms with Gasteiger partial charge in [-0.15, -0.1) is 0 Å². The Morgan fingerprint density at radius 1 is 1.32 bits per heavy atom. The summed E-state index contributed by atoms with van der Waals surface area (Å²) >= 11 is 0. The van der Waals surface area contributed by atoms with Gasteiger partial charge in [0.25, 0.3) is 0 Å². The zero-order chi connectivity index (χ0) is 19.6. The van der Waals surface area contributed by atoms with Crippen molar-refractivity contribution >= 4 is 0 Å². The molecule has 6 heteroatoms. The van der Waals surface area contributed by atoms with Gasteiger partial charge >= 0.3 is 0 Å². The van der Waals surface area contributed by atoms with E-state index in [1.165, 1.54) is 5.56 Å². The molecule has 7 rings (SSSR count). The van der Waals surface area contributed by atoms with Crippen molar-refractivity contribution in [1.82, 2.24) is 4.90 Å². The maximum absolute atomic E-state index is 11.4. The van der Waals surface area contributed by atoms with E-state index in [4.69, 9.17) is 9.47 Å². The van der Waals surface area contributed by atoms with Gasteiger partial charge in [0, 0.05) is 35.5 Å². The van der Waals surface area contributed by atoms with Crippen LogP contribution in [0.3, 0.4) is 0 Å². The van der Waals surface area contributed by atoms with E-state index < -0.39 is 23.9 Å². The number of aromatic hydroxyl groups is 1. The van der Waals surface area contributed by atoms with Crippen LogP contribution in [0.1, 0.15) is 37.3 Å². The van der Waals surface area contributed by atoms with Crippen molar-refractivity contribution < 1.29 is 24.8 Å². The van der Waals surface area contributed by atoms with Crippen LogP contribution in [0, 0.1) is 11.3 Å². The number of likely N-dealkylation sites (N-methyl/N-ethyl adjacent to an activating group) is 1. The number of benzene rings is 1. The molecule has 28 heavy (non-hydrogen) atoms. The van der Waals surface area contributed by atoms with Crippen molar-refractivity contribution in [3.05, 3.63) is 23.3 Å². The standard InChI is InChI=1S/C22H29NO5/c1-11(24)13-9-20-10-16(26)22(13,27-3)19-21(20)6-7-23(2)15(20)8-12-4-5-14(25)18(28-19)17(12)21/h4-5,11,13,15-16,19,24-26H,6-10H2,1-3H3/t11-,13+,15+,16?,19+,20-,21-,22-/m0/s1. The van der Waals surface area contributed by atoms with Crippen molar-refractivity contribution in [3.8, 4) is 11.5 Å². The summed E-state index contributed by atoms with van der Waals surface area (Å²) in [5, 5.41) is 32.8. The highest BCUT2D eigenvalue weighted by Crippen LogP contribution is 2.76. The number of phenols is 1. The molecule has 1 aromatic rings. The van der Waals surface area contributed by atoms with Crippen LogP contribution in [0.25, 0.3) is 0 Å². The summed E-state index contributed by atoms with van der Waals surface area (Å²) in [5.41, 5.74) is 0.944. The Balaban J connectivity index is 1.71. The predicted octanol–water partition coefficient (Wildman–Crippen LogP) is 1.19. The number of methoxy groups -OCH3 is 1. The molecule has 4 fully saturated rings. The molecule has 1 saturated heterocycles. The SMILES string of the molecule is CO[C@]12C(O)C[C@@]3(C[C@@H]1[C@H](C)O)[C@H]1Cc4ccc(O)c5c4[C@@]3(CCN1C)[C@H]2O5. The molecule has 3 N–H and O–H groups in total. The second-order valence-electron chi connectivity index (χ2n) is 9.85. The van der Waals surface area contributed by atoms with Crippen LogP contribution in [0.4, 0.5) is 0 Å². The maximum Gasteiger partial charge on any atom is 0.165 e. The van der Waals surface area contributed by atoms with Crippen LogP contribution < -0.4 is 4.74 Å². The molecule has 6 aliphatic rings. The summed E-state index contributed by atoms with van der Waals surface area (Å²) in [7, 11) is 3.82. The summed E-state index contributed by atoms with van der Waals surface area (Å²) in [6.07, 6.45) is 1.52. The number of rotatable bonds is 2. The third-order valence-corrected chi connectivity index (χ3v) is 9.27. The number of piperidine rings is 1. The highest BCUT2D eigenvalue weighted by Gasteiger charge is 2.83. The molecule has 0 radical (unpaired) electrons. The first-order valence-electron chi connectivity index (χ1n) is 10.5. The monoisotopic (exact) mass is 387 g/mol. The Hall–Kier alpha value is -1.34. The van der Waals surface area contributed by atoms with E-state index in [0.29, 0.717) is 12.2 Å². The third-order valence-electron chi connectivity index (χ3n) is 9.27. The minimum absolute atomic E-state index is 0.170. The predicted molar refractivity (Wildman–Crippen MR) is 102 cm³/mol. The number of hydrogen-bond acceptors (Lipinski definition) is 6. The maximum atomic E-state index is 11.4. The topological polar surface area (TPSA) is 82.4 Å². The molecular formula is C22H29NO5. The summed E-state index contributed by atoms with van der Waals surface area (Å²) in [6, 6.07) is 4.06. The number of nitrogens with zero attached hydrogens (tertiary/aromatic N) is 1. The average Bonchev–Trinajstić information content (AvgIpc) is 3.02. The van der Waals surface area contributed by atoms with Gasteiger partial charge in [0.05, 0.1) is 12.2 Å². The molecule has 4 bridgehead atoms. The van der Waals surface area contributed by atoms with E-state index in [-0.39, 0.29) is 28.5 Å².